The highest BCUT2D eigenvalue weighted by Gasteiger charge is 2.11. The quantitative estimate of drug-likeness (QED) is 0.799. The maximum absolute atomic E-state index is 8.62. The van der Waals surface area contributed by atoms with E-state index in [-0.39, 0.29) is 0 Å². The van der Waals surface area contributed by atoms with Gasteiger partial charge < -0.3 is 0 Å². The predicted octanol–water partition coefficient (Wildman–Crippen LogP) is 1.91. The molecule has 2 heterocycles. The average Bonchev–Trinajstić information content (AvgIpc) is 2.57. The van der Waals surface area contributed by atoms with Crippen molar-refractivity contribution in [3.63, 3.8) is 0 Å². The summed E-state index contributed by atoms with van der Waals surface area (Å²) < 4.78 is 2.65. The summed E-state index contributed by atoms with van der Waals surface area (Å²) in [6.45, 7) is 3.84. The van der Waals surface area contributed by atoms with Crippen molar-refractivity contribution in [1.29, 1.82) is 5.26 Å². The Balaban J connectivity index is 2.51. The lowest BCUT2D eigenvalue weighted by Gasteiger charge is -2.01. The lowest BCUT2D eigenvalue weighted by molar-refractivity contribution is 0.797. The van der Waals surface area contributed by atoms with E-state index < -0.39 is 0 Å². The lowest BCUT2D eigenvalue weighted by atomic mass is 10.4. The molecule has 5 nitrogen and oxygen atoms in total. The van der Waals surface area contributed by atoms with Crippen LogP contribution in [0.2, 0.25) is 0 Å². The molecule has 16 heavy (non-hydrogen) atoms. The van der Waals surface area contributed by atoms with Crippen molar-refractivity contribution >= 4 is 15.9 Å². The van der Waals surface area contributed by atoms with Crippen LogP contribution >= 0.6 is 15.9 Å². The first-order valence-corrected chi connectivity index (χ1v) is 5.37. The number of rotatable bonds is 1. The molecule has 80 valence electrons. The SMILES string of the molecule is Cc1nn(-c2cnc(C#N)cn2)c(C)c1Br. The van der Waals surface area contributed by atoms with Crippen LogP contribution < -0.4 is 0 Å². The third-order valence-corrected chi connectivity index (χ3v) is 3.32. The highest BCUT2D eigenvalue weighted by molar-refractivity contribution is 9.10. The van der Waals surface area contributed by atoms with Crippen LogP contribution in [0.1, 0.15) is 17.1 Å². The van der Waals surface area contributed by atoms with Gasteiger partial charge in [-0.05, 0) is 29.8 Å². The molecule has 0 unspecified atom stereocenters. The zero-order valence-corrected chi connectivity index (χ0v) is 10.4. The Hall–Kier alpha value is -1.74. The van der Waals surface area contributed by atoms with Crippen molar-refractivity contribution in [3.8, 4) is 11.9 Å². The van der Waals surface area contributed by atoms with E-state index >= 15 is 0 Å². The number of hydrogen-bond acceptors (Lipinski definition) is 4. The zero-order chi connectivity index (χ0) is 11.7. The van der Waals surface area contributed by atoms with Gasteiger partial charge in [-0.15, -0.1) is 0 Å². The summed E-state index contributed by atoms with van der Waals surface area (Å²) in [4.78, 5) is 8.08. The molecule has 0 aliphatic rings. The van der Waals surface area contributed by atoms with Gasteiger partial charge in [0.15, 0.2) is 11.5 Å². The Bertz CT molecular complexity index is 564. The van der Waals surface area contributed by atoms with Crippen molar-refractivity contribution in [1.82, 2.24) is 19.7 Å². The molecule has 0 saturated heterocycles. The van der Waals surface area contributed by atoms with Gasteiger partial charge in [0.25, 0.3) is 0 Å². The first kappa shape index (κ1) is 10.8. The molecule has 0 fully saturated rings. The second-order valence-corrected chi connectivity index (χ2v) is 4.06. The van der Waals surface area contributed by atoms with Gasteiger partial charge >= 0.3 is 0 Å². The maximum atomic E-state index is 8.62. The lowest BCUT2D eigenvalue weighted by Crippen LogP contribution is -2.03. The van der Waals surface area contributed by atoms with Gasteiger partial charge in [-0.2, -0.15) is 10.4 Å². The Morgan fingerprint density at radius 3 is 2.50 bits per heavy atom. The monoisotopic (exact) mass is 277 g/mol. The van der Waals surface area contributed by atoms with Gasteiger partial charge in [-0.25, -0.2) is 14.6 Å². The molecule has 0 bridgehead atoms. The van der Waals surface area contributed by atoms with E-state index in [1.807, 2.05) is 19.9 Å². The molecule has 0 spiro atoms. The van der Waals surface area contributed by atoms with E-state index in [0.29, 0.717) is 11.5 Å². The number of nitriles is 1. The van der Waals surface area contributed by atoms with Crippen LogP contribution in [-0.2, 0) is 0 Å². The summed E-state index contributed by atoms with van der Waals surface area (Å²) >= 11 is 3.44. The summed E-state index contributed by atoms with van der Waals surface area (Å²) in [5.74, 6) is 0.602. The smallest absolute Gasteiger partial charge is 0.172 e. The summed E-state index contributed by atoms with van der Waals surface area (Å²) in [7, 11) is 0. The Labute approximate surface area is 101 Å². The van der Waals surface area contributed by atoms with Crippen molar-refractivity contribution in [3.05, 3.63) is 33.9 Å². The van der Waals surface area contributed by atoms with Crippen molar-refractivity contribution in [2.45, 2.75) is 13.8 Å². The second-order valence-electron chi connectivity index (χ2n) is 3.27. The zero-order valence-electron chi connectivity index (χ0n) is 8.77. The maximum Gasteiger partial charge on any atom is 0.172 e. The van der Waals surface area contributed by atoms with Crippen LogP contribution in [0, 0.1) is 25.2 Å². The predicted molar refractivity (Wildman–Crippen MR) is 61.0 cm³/mol. The van der Waals surface area contributed by atoms with Gasteiger partial charge in [0.1, 0.15) is 6.07 Å². The first-order valence-electron chi connectivity index (χ1n) is 4.57. The molecular weight excluding hydrogens is 270 g/mol. The van der Waals surface area contributed by atoms with E-state index in [4.69, 9.17) is 5.26 Å². The summed E-state index contributed by atoms with van der Waals surface area (Å²) in [6, 6.07) is 1.92. The molecule has 0 saturated carbocycles. The van der Waals surface area contributed by atoms with Gasteiger partial charge in [0, 0.05) is 0 Å². The van der Waals surface area contributed by atoms with E-state index in [9.17, 15) is 0 Å². The normalized spacial score (nSPS) is 10.1. The Morgan fingerprint density at radius 2 is 2.06 bits per heavy atom. The van der Waals surface area contributed by atoms with Crippen LogP contribution in [0.3, 0.4) is 0 Å². The molecule has 0 aliphatic carbocycles. The minimum atomic E-state index is 0.296. The van der Waals surface area contributed by atoms with E-state index in [2.05, 4.69) is 31.0 Å². The molecule has 0 amide bonds. The fraction of sp³-hybridized carbons (Fsp3) is 0.200. The van der Waals surface area contributed by atoms with E-state index in [0.717, 1.165) is 15.9 Å². The van der Waals surface area contributed by atoms with Crippen LogP contribution in [0.15, 0.2) is 16.9 Å². The molecule has 0 aromatic carbocycles. The van der Waals surface area contributed by atoms with E-state index in [1.165, 1.54) is 12.4 Å². The Kier molecular flexibility index (Phi) is 2.71. The molecule has 2 aromatic heterocycles. The third kappa shape index (κ3) is 1.70. The molecule has 0 atom stereocenters. The summed E-state index contributed by atoms with van der Waals surface area (Å²) in [6.07, 6.45) is 2.96. The summed E-state index contributed by atoms with van der Waals surface area (Å²) in [5.41, 5.74) is 2.14. The largest absolute Gasteiger partial charge is 0.240 e. The number of nitrogens with zero attached hydrogens (tertiary/aromatic N) is 5. The average molecular weight is 278 g/mol. The van der Waals surface area contributed by atoms with Crippen LogP contribution in [0.4, 0.5) is 0 Å². The minimum Gasteiger partial charge on any atom is -0.240 e. The molecule has 2 rings (SSSR count). The second kappa shape index (κ2) is 4.02. The third-order valence-electron chi connectivity index (χ3n) is 2.17. The fourth-order valence-corrected chi connectivity index (χ4v) is 1.58. The number of hydrogen-bond donors (Lipinski definition) is 0. The number of halogens is 1. The molecule has 6 heteroatoms. The standard InChI is InChI=1S/C10H8BrN5/c1-6-10(11)7(2)16(15-6)9-5-13-8(3-12)4-14-9/h4-5H,1-2H3. The van der Waals surface area contributed by atoms with E-state index in [1.54, 1.807) is 4.68 Å². The molecule has 0 N–H and O–H groups in total. The van der Waals surface area contributed by atoms with Crippen molar-refractivity contribution in [2.75, 3.05) is 0 Å². The fourth-order valence-electron chi connectivity index (χ4n) is 1.34. The Morgan fingerprint density at radius 1 is 1.31 bits per heavy atom. The number of aromatic nitrogens is 4. The molecule has 2 aromatic rings. The van der Waals surface area contributed by atoms with Crippen LogP contribution in [0.25, 0.3) is 5.82 Å². The minimum absolute atomic E-state index is 0.296. The number of aryl methyl sites for hydroxylation is 1. The first-order chi connectivity index (χ1) is 7.63. The van der Waals surface area contributed by atoms with Crippen molar-refractivity contribution < 1.29 is 0 Å². The van der Waals surface area contributed by atoms with Gasteiger partial charge in [0.05, 0.1) is 28.3 Å². The summed E-state index contributed by atoms with van der Waals surface area (Å²) in [5, 5.41) is 12.9. The van der Waals surface area contributed by atoms with Crippen molar-refractivity contribution in [2.24, 2.45) is 0 Å². The molecular formula is C10H8BrN5. The highest BCUT2D eigenvalue weighted by atomic mass is 79.9. The molecule has 0 radical (unpaired) electrons. The van der Waals surface area contributed by atoms with Crippen LogP contribution in [0.5, 0.6) is 0 Å². The van der Waals surface area contributed by atoms with Gasteiger partial charge in [-0.3, -0.25) is 0 Å². The van der Waals surface area contributed by atoms with Crippen LogP contribution in [-0.4, -0.2) is 19.7 Å². The molecule has 0 aliphatic heterocycles. The van der Waals surface area contributed by atoms with Gasteiger partial charge in [0.2, 0.25) is 0 Å². The topological polar surface area (TPSA) is 67.4 Å². The highest BCUT2D eigenvalue weighted by Crippen LogP contribution is 2.21. The van der Waals surface area contributed by atoms with Gasteiger partial charge in [-0.1, -0.05) is 0 Å².